The molecular weight excluding hydrogens is 484 g/mol. The highest BCUT2D eigenvalue weighted by atomic mass is 32.2. The lowest BCUT2D eigenvalue weighted by atomic mass is 10.0. The second-order valence-corrected chi connectivity index (χ2v) is 10.5. The second-order valence-electron chi connectivity index (χ2n) is 9.27. The molecule has 1 aliphatic carbocycles. The molecule has 0 fully saturated rings. The maximum Gasteiger partial charge on any atom is 0.164 e. The van der Waals surface area contributed by atoms with Gasteiger partial charge in [0.1, 0.15) is 0 Å². The van der Waals surface area contributed by atoms with Crippen LogP contribution in [0.2, 0.25) is 0 Å². The van der Waals surface area contributed by atoms with Crippen molar-refractivity contribution in [3.05, 3.63) is 133 Å². The third-order valence-electron chi connectivity index (χ3n) is 6.85. The zero-order valence-electron chi connectivity index (χ0n) is 20.6. The maximum absolute atomic E-state index is 4.88. The number of allylic oxidation sites excluding steroid dienone is 2. The molecule has 2 aliphatic rings. The van der Waals surface area contributed by atoms with Gasteiger partial charge in [-0.15, -0.1) is 11.8 Å². The molecule has 2 atom stereocenters. The van der Waals surface area contributed by atoms with Gasteiger partial charge >= 0.3 is 0 Å². The fourth-order valence-electron chi connectivity index (χ4n) is 5.00. The standard InChI is InChI=1S/C33H24N4S/c1-3-11-23(12-4-1)31-34-32(24-13-5-2-6-14-24)36-33(35-31)25-19-21-26(22-20-25)37-27-15-7-9-17-29(27)38-30-18-10-8-16-28(30)37/h1-22,27,29H. The molecule has 2 unspecified atom stereocenters. The van der Waals surface area contributed by atoms with Crippen molar-refractivity contribution in [3.8, 4) is 34.2 Å². The molecule has 4 nitrogen and oxygen atoms in total. The monoisotopic (exact) mass is 508 g/mol. The molecule has 5 aromatic rings. The lowest BCUT2D eigenvalue weighted by Crippen LogP contribution is -2.40. The average molecular weight is 509 g/mol. The number of aromatic nitrogens is 3. The number of fused-ring (bicyclic) bond motifs is 2. The van der Waals surface area contributed by atoms with Crippen LogP contribution in [0.25, 0.3) is 34.2 Å². The quantitative estimate of drug-likeness (QED) is 0.246. The van der Waals surface area contributed by atoms with Crippen molar-refractivity contribution in [1.82, 2.24) is 15.0 Å². The molecule has 38 heavy (non-hydrogen) atoms. The van der Waals surface area contributed by atoms with Gasteiger partial charge in [0.25, 0.3) is 0 Å². The molecule has 2 heterocycles. The zero-order valence-corrected chi connectivity index (χ0v) is 21.4. The summed E-state index contributed by atoms with van der Waals surface area (Å²) in [5, 5.41) is 0.375. The van der Waals surface area contributed by atoms with Crippen LogP contribution in [0.15, 0.2) is 138 Å². The van der Waals surface area contributed by atoms with E-state index in [0.29, 0.717) is 22.7 Å². The summed E-state index contributed by atoms with van der Waals surface area (Å²) in [6.45, 7) is 0. The third kappa shape index (κ3) is 4.21. The minimum absolute atomic E-state index is 0.261. The fraction of sp³-hybridized carbons (Fsp3) is 0.0606. The summed E-state index contributed by atoms with van der Waals surface area (Å²) < 4.78 is 0. The van der Waals surface area contributed by atoms with E-state index in [0.717, 1.165) is 22.4 Å². The van der Waals surface area contributed by atoms with Gasteiger partial charge in [0, 0.05) is 27.3 Å². The van der Waals surface area contributed by atoms with E-state index in [-0.39, 0.29) is 6.04 Å². The largest absolute Gasteiger partial charge is 0.332 e. The molecule has 182 valence electrons. The average Bonchev–Trinajstić information content (AvgIpc) is 3.00. The van der Waals surface area contributed by atoms with Crippen molar-refractivity contribution >= 4 is 23.1 Å². The molecule has 0 radical (unpaired) electrons. The summed E-state index contributed by atoms with van der Waals surface area (Å²) in [6, 6.07) is 37.7. The molecule has 7 rings (SSSR count). The minimum Gasteiger partial charge on any atom is -0.332 e. The van der Waals surface area contributed by atoms with Crippen molar-refractivity contribution in [2.75, 3.05) is 4.90 Å². The molecule has 0 saturated heterocycles. The Bertz CT molecular complexity index is 1590. The Hall–Kier alpha value is -4.48. The topological polar surface area (TPSA) is 41.9 Å². The van der Waals surface area contributed by atoms with E-state index < -0.39 is 0 Å². The molecule has 1 aromatic heterocycles. The van der Waals surface area contributed by atoms with Crippen LogP contribution >= 0.6 is 11.8 Å². The molecule has 5 heteroatoms. The fourth-order valence-corrected chi connectivity index (χ4v) is 6.26. The highest BCUT2D eigenvalue weighted by Crippen LogP contribution is 2.47. The Morgan fingerprint density at radius 3 is 1.68 bits per heavy atom. The van der Waals surface area contributed by atoms with Crippen LogP contribution in [0.3, 0.4) is 0 Å². The van der Waals surface area contributed by atoms with Crippen molar-refractivity contribution in [2.24, 2.45) is 0 Å². The first-order valence-corrected chi connectivity index (χ1v) is 13.6. The van der Waals surface area contributed by atoms with Gasteiger partial charge in [-0.05, 0) is 36.4 Å². The summed E-state index contributed by atoms with van der Waals surface area (Å²) in [6.07, 6.45) is 8.90. The Morgan fingerprint density at radius 1 is 0.526 bits per heavy atom. The van der Waals surface area contributed by atoms with Gasteiger partial charge in [-0.3, -0.25) is 0 Å². The van der Waals surface area contributed by atoms with Crippen molar-refractivity contribution in [2.45, 2.75) is 16.2 Å². The van der Waals surface area contributed by atoms with Gasteiger partial charge < -0.3 is 4.90 Å². The Morgan fingerprint density at radius 2 is 1.05 bits per heavy atom. The summed E-state index contributed by atoms with van der Waals surface area (Å²) >= 11 is 1.93. The number of rotatable bonds is 4. The van der Waals surface area contributed by atoms with E-state index in [1.807, 2.05) is 72.4 Å². The molecule has 0 bridgehead atoms. The van der Waals surface area contributed by atoms with Gasteiger partial charge in [0.2, 0.25) is 0 Å². The number of hydrogen-bond donors (Lipinski definition) is 0. The van der Waals surface area contributed by atoms with Crippen LogP contribution in [0, 0.1) is 0 Å². The Labute approximate surface area is 226 Å². The predicted molar refractivity (Wildman–Crippen MR) is 156 cm³/mol. The molecule has 0 amide bonds. The molecule has 0 saturated carbocycles. The molecule has 4 aromatic carbocycles. The first kappa shape index (κ1) is 22.7. The molecular formula is C33H24N4S. The number of thioether (sulfide) groups is 1. The number of benzene rings is 4. The number of para-hydroxylation sites is 1. The third-order valence-corrected chi connectivity index (χ3v) is 8.15. The van der Waals surface area contributed by atoms with Gasteiger partial charge in [-0.1, -0.05) is 97.1 Å². The first-order chi connectivity index (χ1) is 18.8. The SMILES string of the molecule is C1=CC2Sc3ccccc3N(c3ccc(-c4nc(-c5ccccc5)nc(-c5ccccc5)n4)cc3)C2C=C1. The van der Waals surface area contributed by atoms with Crippen molar-refractivity contribution < 1.29 is 0 Å². The highest BCUT2D eigenvalue weighted by molar-refractivity contribution is 8.00. The summed E-state index contributed by atoms with van der Waals surface area (Å²) in [7, 11) is 0. The summed E-state index contributed by atoms with van der Waals surface area (Å²) in [5.41, 5.74) is 5.29. The van der Waals surface area contributed by atoms with Crippen molar-refractivity contribution in [1.29, 1.82) is 0 Å². The predicted octanol–water partition coefficient (Wildman–Crippen LogP) is 7.98. The van der Waals surface area contributed by atoms with Gasteiger partial charge in [0.05, 0.1) is 17.0 Å². The second kappa shape index (κ2) is 9.77. The van der Waals surface area contributed by atoms with Gasteiger partial charge in [-0.25, -0.2) is 15.0 Å². The van der Waals surface area contributed by atoms with Crippen LogP contribution in [-0.4, -0.2) is 26.2 Å². The van der Waals surface area contributed by atoms with E-state index in [2.05, 4.69) is 77.7 Å². The van der Waals surface area contributed by atoms with E-state index in [4.69, 9.17) is 15.0 Å². The van der Waals surface area contributed by atoms with Crippen LogP contribution < -0.4 is 4.90 Å². The van der Waals surface area contributed by atoms with E-state index in [1.54, 1.807) is 0 Å². The normalized spacial score (nSPS) is 17.6. The molecule has 0 N–H and O–H groups in total. The summed E-state index contributed by atoms with van der Waals surface area (Å²) in [4.78, 5) is 18.3. The van der Waals surface area contributed by atoms with Crippen LogP contribution in [0.4, 0.5) is 11.4 Å². The lowest BCUT2D eigenvalue weighted by Gasteiger charge is -2.42. The van der Waals surface area contributed by atoms with Crippen LogP contribution in [0.5, 0.6) is 0 Å². The van der Waals surface area contributed by atoms with Crippen molar-refractivity contribution in [3.63, 3.8) is 0 Å². The van der Waals surface area contributed by atoms with E-state index >= 15 is 0 Å². The van der Waals surface area contributed by atoms with E-state index in [1.165, 1.54) is 10.6 Å². The van der Waals surface area contributed by atoms with Gasteiger partial charge in [0.15, 0.2) is 17.5 Å². The first-order valence-electron chi connectivity index (χ1n) is 12.7. The minimum atomic E-state index is 0.261. The molecule has 1 aliphatic heterocycles. The highest BCUT2D eigenvalue weighted by Gasteiger charge is 2.33. The van der Waals surface area contributed by atoms with Crippen LogP contribution in [-0.2, 0) is 0 Å². The number of nitrogens with zero attached hydrogens (tertiary/aromatic N) is 4. The summed E-state index contributed by atoms with van der Waals surface area (Å²) in [5.74, 6) is 2.00. The number of anilines is 2. The number of hydrogen-bond acceptors (Lipinski definition) is 5. The Kier molecular flexibility index (Phi) is 5.83. The van der Waals surface area contributed by atoms with Crippen LogP contribution in [0.1, 0.15) is 0 Å². The smallest absolute Gasteiger partial charge is 0.164 e. The zero-order chi connectivity index (χ0) is 25.3. The maximum atomic E-state index is 4.88. The molecule has 0 spiro atoms. The van der Waals surface area contributed by atoms with Gasteiger partial charge in [-0.2, -0.15) is 0 Å². The Balaban J connectivity index is 1.30. The van der Waals surface area contributed by atoms with E-state index in [9.17, 15) is 0 Å². The lowest BCUT2D eigenvalue weighted by molar-refractivity contribution is 0.778.